The minimum absolute atomic E-state index is 0.357. The van der Waals surface area contributed by atoms with Crippen LogP contribution in [0.25, 0.3) is 0 Å². The van der Waals surface area contributed by atoms with Gasteiger partial charge < -0.3 is 11.1 Å². The summed E-state index contributed by atoms with van der Waals surface area (Å²) in [5.41, 5.74) is 6.70. The van der Waals surface area contributed by atoms with E-state index in [1.165, 1.54) is 0 Å². The van der Waals surface area contributed by atoms with E-state index >= 15 is 0 Å². The molecule has 0 bridgehead atoms. The van der Waals surface area contributed by atoms with Crippen LogP contribution < -0.4 is 11.1 Å². The monoisotopic (exact) mass is 230 g/mol. The summed E-state index contributed by atoms with van der Waals surface area (Å²) in [4.78, 5) is 0. The van der Waals surface area contributed by atoms with Crippen molar-refractivity contribution in [1.29, 1.82) is 0 Å². The summed E-state index contributed by atoms with van der Waals surface area (Å²) < 4.78 is 0. The van der Waals surface area contributed by atoms with E-state index in [1.807, 2.05) is 12.1 Å². The van der Waals surface area contributed by atoms with Gasteiger partial charge in [0.05, 0.1) is 10.0 Å². The first-order valence-corrected chi connectivity index (χ1v) is 5.38. The van der Waals surface area contributed by atoms with Gasteiger partial charge in [-0.1, -0.05) is 23.2 Å². The van der Waals surface area contributed by atoms with Crippen molar-refractivity contribution in [1.82, 2.24) is 0 Å². The lowest BCUT2D eigenvalue weighted by atomic mass is 9.87. The molecule has 0 radical (unpaired) electrons. The first-order chi connectivity index (χ1) is 6.65. The van der Waals surface area contributed by atoms with Crippen molar-refractivity contribution in [3.8, 4) is 0 Å². The molecule has 1 aliphatic carbocycles. The van der Waals surface area contributed by atoms with Gasteiger partial charge in [-0.3, -0.25) is 0 Å². The number of hydrogen-bond donors (Lipinski definition) is 2. The van der Waals surface area contributed by atoms with Gasteiger partial charge in [0.25, 0.3) is 0 Å². The van der Waals surface area contributed by atoms with Crippen molar-refractivity contribution < 1.29 is 0 Å². The van der Waals surface area contributed by atoms with E-state index in [0.717, 1.165) is 18.5 Å². The molecule has 76 valence electrons. The van der Waals surface area contributed by atoms with Gasteiger partial charge in [-0.2, -0.15) is 0 Å². The van der Waals surface area contributed by atoms with Crippen molar-refractivity contribution in [2.24, 2.45) is 5.73 Å². The molecule has 0 unspecified atom stereocenters. The quantitative estimate of drug-likeness (QED) is 0.821. The Morgan fingerprint density at radius 1 is 1.21 bits per heavy atom. The standard InChI is InChI=1S/C10H12Cl2N2/c11-9-2-1-7(5-10(9)12)14-8-3-6(13)4-8/h1-2,5-6,8,14H,3-4,13H2. The fraction of sp³-hybridized carbons (Fsp3) is 0.400. The Labute approximate surface area is 93.4 Å². The van der Waals surface area contributed by atoms with E-state index < -0.39 is 0 Å². The third kappa shape index (κ3) is 2.14. The van der Waals surface area contributed by atoms with Crippen LogP contribution in [0, 0.1) is 0 Å². The Hall–Kier alpha value is -0.440. The molecule has 0 aliphatic heterocycles. The topological polar surface area (TPSA) is 38.0 Å². The summed E-state index contributed by atoms with van der Waals surface area (Å²) in [5, 5.41) is 4.52. The molecule has 0 atom stereocenters. The first-order valence-electron chi connectivity index (χ1n) is 4.62. The normalized spacial score (nSPS) is 25.6. The van der Waals surface area contributed by atoms with Crippen LogP contribution in [0.1, 0.15) is 12.8 Å². The van der Waals surface area contributed by atoms with E-state index in [9.17, 15) is 0 Å². The second-order valence-electron chi connectivity index (χ2n) is 3.70. The average molecular weight is 231 g/mol. The maximum absolute atomic E-state index is 5.89. The van der Waals surface area contributed by atoms with Gasteiger partial charge in [0.15, 0.2) is 0 Å². The van der Waals surface area contributed by atoms with Crippen LogP contribution in [-0.2, 0) is 0 Å². The summed E-state index contributed by atoms with van der Waals surface area (Å²) in [6.07, 6.45) is 2.06. The Morgan fingerprint density at radius 3 is 2.50 bits per heavy atom. The number of nitrogens with two attached hydrogens (primary N) is 1. The zero-order valence-electron chi connectivity index (χ0n) is 7.63. The summed E-state index contributed by atoms with van der Waals surface area (Å²) in [7, 11) is 0. The van der Waals surface area contributed by atoms with Crippen LogP contribution in [0.4, 0.5) is 5.69 Å². The molecule has 2 rings (SSSR count). The molecule has 0 saturated heterocycles. The minimum atomic E-state index is 0.357. The highest BCUT2D eigenvalue weighted by molar-refractivity contribution is 6.42. The molecule has 1 aromatic rings. The predicted octanol–water partition coefficient (Wildman–Crippen LogP) is 2.90. The SMILES string of the molecule is NC1CC(Nc2ccc(Cl)c(Cl)c2)C1. The highest BCUT2D eigenvalue weighted by Crippen LogP contribution is 2.28. The second-order valence-corrected chi connectivity index (χ2v) is 4.52. The van der Waals surface area contributed by atoms with Crippen molar-refractivity contribution in [3.05, 3.63) is 28.2 Å². The number of hydrogen-bond acceptors (Lipinski definition) is 2. The molecule has 0 aromatic heterocycles. The molecule has 4 heteroatoms. The summed E-state index contributed by atoms with van der Waals surface area (Å²) in [6.45, 7) is 0. The number of benzene rings is 1. The van der Waals surface area contributed by atoms with Crippen LogP contribution in [-0.4, -0.2) is 12.1 Å². The third-order valence-corrected chi connectivity index (χ3v) is 3.20. The molecule has 0 heterocycles. The van der Waals surface area contributed by atoms with Gasteiger partial charge in [-0.05, 0) is 31.0 Å². The van der Waals surface area contributed by atoms with Crippen LogP contribution in [0.5, 0.6) is 0 Å². The molecule has 1 fully saturated rings. The highest BCUT2D eigenvalue weighted by Gasteiger charge is 2.25. The number of halogens is 2. The number of rotatable bonds is 2. The van der Waals surface area contributed by atoms with E-state index in [-0.39, 0.29) is 0 Å². The zero-order chi connectivity index (χ0) is 10.1. The first kappa shape index (κ1) is 10.1. The molecule has 3 N–H and O–H groups in total. The minimum Gasteiger partial charge on any atom is -0.382 e. The van der Waals surface area contributed by atoms with Crippen molar-refractivity contribution in [2.75, 3.05) is 5.32 Å². The molecule has 1 aromatic carbocycles. The highest BCUT2D eigenvalue weighted by atomic mass is 35.5. The van der Waals surface area contributed by atoms with Crippen molar-refractivity contribution >= 4 is 28.9 Å². The van der Waals surface area contributed by atoms with Crippen molar-refractivity contribution in [3.63, 3.8) is 0 Å². The van der Waals surface area contributed by atoms with Crippen LogP contribution >= 0.6 is 23.2 Å². The predicted molar refractivity (Wildman–Crippen MR) is 61.1 cm³/mol. The second kappa shape index (κ2) is 3.97. The molecular formula is C10H12Cl2N2. The molecule has 1 saturated carbocycles. The van der Waals surface area contributed by atoms with Crippen molar-refractivity contribution in [2.45, 2.75) is 24.9 Å². The van der Waals surface area contributed by atoms with Gasteiger partial charge in [0, 0.05) is 17.8 Å². The van der Waals surface area contributed by atoms with E-state index in [4.69, 9.17) is 28.9 Å². The average Bonchev–Trinajstić information content (AvgIpc) is 2.09. The van der Waals surface area contributed by atoms with Gasteiger partial charge in [0.1, 0.15) is 0 Å². The smallest absolute Gasteiger partial charge is 0.0612 e. The molecule has 2 nitrogen and oxygen atoms in total. The summed E-state index contributed by atoms with van der Waals surface area (Å²) in [5.74, 6) is 0. The lowest BCUT2D eigenvalue weighted by Gasteiger charge is -2.33. The van der Waals surface area contributed by atoms with Crippen LogP contribution in [0.3, 0.4) is 0 Å². The Morgan fingerprint density at radius 2 is 1.93 bits per heavy atom. The van der Waals surface area contributed by atoms with E-state index in [1.54, 1.807) is 6.07 Å². The molecular weight excluding hydrogens is 219 g/mol. The zero-order valence-corrected chi connectivity index (χ0v) is 9.15. The Bertz CT molecular complexity index is 335. The fourth-order valence-corrected chi connectivity index (χ4v) is 1.90. The van der Waals surface area contributed by atoms with E-state index in [0.29, 0.717) is 22.1 Å². The van der Waals surface area contributed by atoms with Gasteiger partial charge >= 0.3 is 0 Å². The molecule has 14 heavy (non-hydrogen) atoms. The maximum atomic E-state index is 5.89. The number of nitrogens with one attached hydrogen (secondary N) is 1. The van der Waals surface area contributed by atoms with E-state index in [2.05, 4.69) is 5.32 Å². The molecule has 0 spiro atoms. The summed E-state index contributed by atoms with van der Waals surface area (Å²) >= 11 is 11.7. The molecule has 1 aliphatic rings. The molecule has 0 amide bonds. The Balaban J connectivity index is 2.00. The fourth-order valence-electron chi connectivity index (χ4n) is 1.60. The Kier molecular flexibility index (Phi) is 2.86. The van der Waals surface area contributed by atoms with Crippen LogP contribution in [0.15, 0.2) is 18.2 Å². The lowest BCUT2D eigenvalue weighted by Crippen LogP contribution is -2.44. The maximum Gasteiger partial charge on any atom is 0.0612 e. The van der Waals surface area contributed by atoms with Crippen LogP contribution in [0.2, 0.25) is 10.0 Å². The lowest BCUT2D eigenvalue weighted by molar-refractivity contribution is 0.374. The van der Waals surface area contributed by atoms with Gasteiger partial charge in [-0.25, -0.2) is 0 Å². The summed E-state index contributed by atoms with van der Waals surface area (Å²) in [6, 6.07) is 6.41. The number of anilines is 1. The largest absolute Gasteiger partial charge is 0.382 e. The van der Waals surface area contributed by atoms with Gasteiger partial charge in [0.2, 0.25) is 0 Å². The van der Waals surface area contributed by atoms with Gasteiger partial charge in [-0.15, -0.1) is 0 Å². The third-order valence-electron chi connectivity index (χ3n) is 2.46.